The molecule has 1 N–H and O–H groups in total. The molecule has 0 radical (unpaired) electrons. The Morgan fingerprint density at radius 1 is 1.10 bits per heavy atom. The number of hydrogen-bond donors (Lipinski definition) is 1. The monoisotopic (exact) mass is 408 g/mol. The van der Waals surface area contributed by atoms with E-state index < -0.39 is 0 Å². The Balaban J connectivity index is 1.38. The van der Waals surface area contributed by atoms with Crippen molar-refractivity contribution in [3.05, 3.63) is 59.9 Å². The molecule has 2 aliphatic heterocycles. The summed E-state index contributed by atoms with van der Waals surface area (Å²) in [5, 5.41) is 9.93. The molecule has 2 heterocycles. The smallest absolute Gasteiger partial charge is 0.242 e. The number of carbonyl (C=O) groups excluding carboxylic acids is 2. The number of piperazine rings is 1. The van der Waals surface area contributed by atoms with Gasteiger partial charge in [0.2, 0.25) is 11.8 Å². The third kappa shape index (κ3) is 3.01. The van der Waals surface area contributed by atoms with Crippen LogP contribution in [0.4, 0.5) is 4.39 Å². The maximum atomic E-state index is 14.1. The number of benzene rings is 2. The largest absolute Gasteiger partial charge is 0.394 e. The maximum absolute atomic E-state index is 14.1. The molecule has 156 valence electrons. The Labute approximate surface area is 175 Å². The van der Waals surface area contributed by atoms with Crippen LogP contribution in [-0.2, 0) is 9.59 Å². The Morgan fingerprint density at radius 3 is 2.47 bits per heavy atom. The molecule has 2 aromatic rings. The van der Waals surface area contributed by atoms with Crippen molar-refractivity contribution >= 4 is 11.8 Å². The zero-order chi connectivity index (χ0) is 20.8. The van der Waals surface area contributed by atoms with Gasteiger partial charge in [-0.05, 0) is 30.0 Å². The highest BCUT2D eigenvalue weighted by Gasteiger charge is 2.54. The van der Waals surface area contributed by atoms with Crippen LogP contribution in [0.5, 0.6) is 0 Å². The molecule has 1 aliphatic carbocycles. The van der Waals surface area contributed by atoms with Crippen LogP contribution in [0.3, 0.4) is 0 Å². The molecule has 2 aromatic carbocycles. The second kappa shape index (κ2) is 7.51. The lowest BCUT2D eigenvalue weighted by Gasteiger charge is -2.59. The van der Waals surface area contributed by atoms with E-state index in [0.717, 1.165) is 30.4 Å². The van der Waals surface area contributed by atoms with E-state index in [-0.39, 0.29) is 54.7 Å². The van der Waals surface area contributed by atoms with Crippen LogP contribution in [0.15, 0.2) is 48.5 Å². The van der Waals surface area contributed by atoms with Gasteiger partial charge in [-0.3, -0.25) is 9.59 Å². The van der Waals surface area contributed by atoms with Crippen LogP contribution in [0.25, 0.3) is 11.1 Å². The number of fused-ring (bicyclic) bond motifs is 1. The Hall–Kier alpha value is -2.73. The lowest BCUT2D eigenvalue weighted by Crippen LogP contribution is -2.73. The summed E-state index contributed by atoms with van der Waals surface area (Å²) in [6.07, 6.45) is 2.91. The molecule has 0 spiro atoms. The van der Waals surface area contributed by atoms with Gasteiger partial charge in [-0.2, -0.15) is 0 Å². The number of halogens is 1. The first-order valence-electron chi connectivity index (χ1n) is 10.6. The van der Waals surface area contributed by atoms with E-state index in [2.05, 4.69) is 0 Å². The first kappa shape index (κ1) is 19.2. The molecular weight excluding hydrogens is 383 g/mol. The van der Waals surface area contributed by atoms with Crippen LogP contribution in [0, 0.1) is 11.7 Å². The van der Waals surface area contributed by atoms with Crippen LogP contribution in [0.2, 0.25) is 0 Å². The molecule has 3 fully saturated rings. The van der Waals surface area contributed by atoms with Crippen molar-refractivity contribution in [2.24, 2.45) is 5.92 Å². The van der Waals surface area contributed by atoms with E-state index in [1.165, 1.54) is 6.07 Å². The summed E-state index contributed by atoms with van der Waals surface area (Å²) >= 11 is 0. The van der Waals surface area contributed by atoms with Gasteiger partial charge in [0.1, 0.15) is 5.82 Å². The number of rotatable bonds is 4. The Kier molecular flexibility index (Phi) is 4.82. The normalized spacial score (nSPS) is 26.1. The van der Waals surface area contributed by atoms with Gasteiger partial charge in [-0.15, -0.1) is 0 Å². The molecule has 30 heavy (non-hydrogen) atoms. The number of amides is 2. The summed E-state index contributed by atoms with van der Waals surface area (Å²) in [6.45, 7) is 0.511. The quantitative estimate of drug-likeness (QED) is 0.846. The summed E-state index contributed by atoms with van der Waals surface area (Å²) in [6, 6.07) is 13.9. The molecule has 0 bridgehead atoms. The summed E-state index contributed by atoms with van der Waals surface area (Å²) < 4.78 is 14.1. The third-order valence-electron chi connectivity index (χ3n) is 7.00. The third-order valence-corrected chi connectivity index (χ3v) is 7.00. The Morgan fingerprint density at radius 2 is 1.83 bits per heavy atom. The highest BCUT2D eigenvalue weighted by Crippen LogP contribution is 2.44. The van der Waals surface area contributed by atoms with Crippen molar-refractivity contribution in [3.8, 4) is 11.1 Å². The van der Waals surface area contributed by atoms with Crippen molar-refractivity contribution in [2.45, 2.75) is 37.3 Å². The van der Waals surface area contributed by atoms with Crippen LogP contribution >= 0.6 is 0 Å². The highest BCUT2D eigenvalue weighted by atomic mass is 19.1. The SMILES string of the molecule is O=C(C1CCC1)N1CC(=O)N2[C@@H](CO)[C@H](c3ccc(-c4ccccc4F)cc3)[C@@H]2C1. The highest BCUT2D eigenvalue weighted by molar-refractivity contribution is 5.89. The molecule has 2 saturated heterocycles. The number of nitrogens with zero attached hydrogens (tertiary/aromatic N) is 2. The van der Waals surface area contributed by atoms with Crippen molar-refractivity contribution in [1.82, 2.24) is 9.80 Å². The minimum atomic E-state index is -0.275. The van der Waals surface area contributed by atoms with Gasteiger partial charge in [0.25, 0.3) is 0 Å². The van der Waals surface area contributed by atoms with E-state index in [1.807, 2.05) is 24.3 Å². The van der Waals surface area contributed by atoms with Crippen molar-refractivity contribution < 1.29 is 19.1 Å². The minimum absolute atomic E-state index is 0.0365. The fraction of sp³-hybridized carbons (Fsp3) is 0.417. The average Bonchev–Trinajstić information content (AvgIpc) is 2.69. The van der Waals surface area contributed by atoms with Gasteiger partial charge in [0.05, 0.1) is 25.2 Å². The summed E-state index contributed by atoms with van der Waals surface area (Å²) in [4.78, 5) is 28.9. The summed E-state index contributed by atoms with van der Waals surface area (Å²) in [5.74, 6) is -0.231. The number of hydrogen-bond acceptors (Lipinski definition) is 3. The van der Waals surface area contributed by atoms with E-state index in [0.29, 0.717) is 12.1 Å². The van der Waals surface area contributed by atoms with Crippen LogP contribution < -0.4 is 0 Å². The lowest BCUT2D eigenvalue weighted by atomic mass is 9.73. The minimum Gasteiger partial charge on any atom is -0.394 e. The molecule has 2 amide bonds. The van der Waals surface area contributed by atoms with Gasteiger partial charge in [0, 0.05) is 23.9 Å². The first-order chi connectivity index (χ1) is 14.6. The number of aliphatic hydroxyl groups is 1. The predicted molar refractivity (Wildman–Crippen MR) is 110 cm³/mol. The maximum Gasteiger partial charge on any atom is 0.242 e. The van der Waals surface area contributed by atoms with Crippen molar-refractivity contribution in [1.29, 1.82) is 0 Å². The van der Waals surface area contributed by atoms with Crippen molar-refractivity contribution in [3.63, 3.8) is 0 Å². The average molecular weight is 408 g/mol. The molecular formula is C24H25FN2O3. The van der Waals surface area contributed by atoms with E-state index >= 15 is 0 Å². The van der Waals surface area contributed by atoms with Gasteiger partial charge in [0.15, 0.2) is 0 Å². The number of carbonyl (C=O) groups is 2. The molecule has 6 heteroatoms. The zero-order valence-corrected chi connectivity index (χ0v) is 16.7. The molecule has 0 aromatic heterocycles. The van der Waals surface area contributed by atoms with E-state index in [9.17, 15) is 19.1 Å². The van der Waals surface area contributed by atoms with Crippen LogP contribution in [-0.4, -0.2) is 58.5 Å². The van der Waals surface area contributed by atoms with E-state index in [4.69, 9.17) is 0 Å². The van der Waals surface area contributed by atoms with Gasteiger partial charge >= 0.3 is 0 Å². The van der Waals surface area contributed by atoms with Crippen molar-refractivity contribution in [2.75, 3.05) is 19.7 Å². The summed E-state index contributed by atoms with van der Waals surface area (Å²) in [5.41, 5.74) is 2.33. The first-order valence-corrected chi connectivity index (χ1v) is 10.6. The zero-order valence-electron chi connectivity index (χ0n) is 16.7. The lowest BCUT2D eigenvalue weighted by molar-refractivity contribution is -0.169. The molecule has 0 unspecified atom stereocenters. The second-order valence-corrected chi connectivity index (χ2v) is 8.59. The number of aliphatic hydroxyl groups excluding tert-OH is 1. The van der Waals surface area contributed by atoms with Gasteiger partial charge in [-0.1, -0.05) is 48.9 Å². The summed E-state index contributed by atoms with van der Waals surface area (Å²) in [7, 11) is 0. The molecule has 5 nitrogen and oxygen atoms in total. The molecule has 3 aliphatic rings. The second-order valence-electron chi connectivity index (χ2n) is 8.59. The Bertz CT molecular complexity index is 973. The van der Waals surface area contributed by atoms with Gasteiger partial charge in [-0.25, -0.2) is 4.39 Å². The molecule has 1 saturated carbocycles. The molecule has 3 atom stereocenters. The van der Waals surface area contributed by atoms with E-state index in [1.54, 1.807) is 28.0 Å². The predicted octanol–water partition coefficient (Wildman–Crippen LogP) is 2.79. The van der Waals surface area contributed by atoms with Gasteiger partial charge < -0.3 is 14.9 Å². The fourth-order valence-electron chi connectivity index (χ4n) is 5.16. The fourth-order valence-corrected chi connectivity index (χ4v) is 5.16. The van der Waals surface area contributed by atoms with Crippen LogP contribution in [0.1, 0.15) is 30.7 Å². The standard InChI is InChI=1S/C24H25FN2O3/c25-19-7-2-1-6-18(19)15-8-10-16(11-9-15)23-20-12-26(24(30)17-4-3-5-17)13-22(29)27(20)21(23)14-28/h1-2,6-11,17,20-21,23,28H,3-5,12-14H2/t20-,21-,23+/m0/s1. The topological polar surface area (TPSA) is 60.9 Å². The molecule has 5 rings (SSSR count).